The van der Waals surface area contributed by atoms with Crippen molar-refractivity contribution in [3.8, 4) is 32.6 Å². The highest BCUT2D eigenvalue weighted by molar-refractivity contribution is 7.22. The van der Waals surface area contributed by atoms with Gasteiger partial charge < -0.3 is 10.2 Å². The lowest BCUT2D eigenvalue weighted by molar-refractivity contribution is 0.477. The molecule has 0 atom stereocenters. The van der Waals surface area contributed by atoms with Crippen LogP contribution in [0.2, 0.25) is 10.0 Å². The van der Waals surface area contributed by atoms with Crippen LogP contribution in [0.1, 0.15) is 0 Å². The molecule has 0 radical (unpaired) electrons. The number of aromatic hydroxyl groups is 2. The van der Waals surface area contributed by atoms with Gasteiger partial charge in [0, 0.05) is 10.0 Å². The molecule has 0 aliphatic carbocycles. The highest BCUT2D eigenvalue weighted by Crippen LogP contribution is 2.36. The Morgan fingerprint density at radius 3 is 1.38 bits per heavy atom. The van der Waals surface area contributed by atoms with Crippen LogP contribution in [-0.4, -0.2) is 20.2 Å². The molecule has 4 aromatic carbocycles. The van der Waals surface area contributed by atoms with E-state index in [4.69, 9.17) is 23.2 Å². The Labute approximate surface area is 213 Å². The van der Waals surface area contributed by atoms with Gasteiger partial charge in [0.25, 0.3) is 0 Å². The van der Waals surface area contributed by atoms with Gasteiger partial charge in [-0.25, -0.2) is 9.97 Å². The third kappa shape index (κ3) is 4.72. The van der Waals surface area contributed by atoms with Crippen molar-refractivity contribution in [1.82, 2.24) is 9.97 Å². The largest absolute Gasteiger partial charge is 0.507 e. The minimum Gasteiger partial charge on any atom is -0.507 e. The molecule has 4 nitrogen and oxygen atoms in total. The van der Waals surface area contributed by atoms with Crippen molar-refractivity contribution in [2.24, 2.45) is 0 Å². The maximum Gasteiger partial charge on any atom is 0.128 e. The third-order valence-corrected chi connectivity index (χ3v) is 7.58. The Morgan fingerprint density at radius 1 is 0.559 bits per heavy atom. The number of phenols is 2. The fourth-order valence-electron chi connectivity index (χ4n) is 3.34. The SMILES string of the molecule is Oc1ccccc1-c1nc2cc(Cl)ccc2s1.Oc1ccccc1-c1nc2cc(Cl)ccc2s1. The topological polar surface area (TPSA) is 66.2 Å². The summed E-state index contributed by atoms with van der Waals surface area (Å²) < 4.78 is 2.13. The van der Waals surface area contributed by atoms with Crippen molar-refractivity contribution in [2.75, 3.05) is 0 Å². The molecule has 8 heteroatoms. The number of aromatic nitrogens is 2. The minimum atomic E-state index is 0.248. The highest BCUT2D eigenvalue weighted by Gasteiger charge is 2.10. The van der Waals surface area contributed by atoms with Crippen molar-refractivity contribution < 1.29 is 10.2 Å². The molecule has 0 saturated carbocycles. The van der Waals surface area contributed by atoms with Gasteiger partial charge in [0.2, 0.25) is 0 Å². The smallest absolute Gasteiger partial charge is 0.128 e. The van der Waals surface area contributed by atoms with E-state index in [0.717, 1.165) is 41.6 Å². The van der Waals surface area contributed by atoms with Gasteiger partial charge in [-0.05, 0) is 60.7 Å². The molecule has 2 N–H and O–H groups in total. The van der Waals surface area contributed by atoms with Crippen LogP contribution >= 0.6 is 45.9 Å². The Hall–Kier alpha value is -3.16. The number of para-hydroxylation sites is 2. The third-order valence-electron chi connectivity index (χ3n) is 4.97. The molecule has 0 fully saturated rings. The van der Waals surface area contributed by atoms with Crippen LogP contribution in [0.5, 0.6) is 11.5 Å². The van der Waals surface area contributed by atoms with E-state index in [0.29, 0.717) is 10.0 Å². The quantitative estimate of drug-likeness (QED) is 0.238. The number of halogens is 2. The first-order valence-electron chi connectivity index (χ1n) is 10.2. The van der Waals surface area contributed by atoms with Gasteiger partial charge in [-0.2, -0.15) is 0 Å². The second-order valence-electron chi connectivity index (χ2n) is 7.30. The minimum absolute atomic E-state index is 0.248. The van der Waals surface area contributed by atoms with Gasteiger partial charge in [0.15, 0.2) is 0 Å². The van der Waals surface area contributed by atoms with Crippen LogP contribution in [0, 0.1) is 0 Å². The molecule has 0 aliphatic heterocycles. The summed E-state index contributed by atoms with van der Waals surface area (Å²) in [6, 6.07) is 25.6. The summed E-state index contributed by atoms with van der Waals surface area (Å²) in [4.78, 5) is 8.96. The molecule has 0 bridgehead atoms. The van der Waals surface area contributed by atoms with Crippen molar-refractivity contribution in [2.45, 2.75) is 0 Å². The number of phenolic OH excluding ortho intramolecular Hbond substituents is 2. The summed E-state index contributed by atoms with van der Waals surface area (Å²) in [5, 5.41) is 22.5. The summed E-state index contributed by atoms with van der Waals surface area (Å²) >= 11 is 14.9. The van der Waals surface area contributed by atoms with Crippen LogP contribution in [0.15, 0.2) is 84.9 Å². The van der Waals surface area contributed by atoms with E-state index in [1.54, 1.807) is 46.9 Å². The fraction of sp³-hybridized carbons (Fsp3) is 0. The molecular formula is C26H16Cl2N2O2S2. The van der Waals surface area contributed by atoms with Crippen LogP contribution in [0.4, 0.5) is 0 Å². The van der Waals surface area contributed by atoms with E-state index >= 15 is 0 Å². The summed E-state index contributed by atoms with van der Waals surface area (Å²) in [5.41, 5.74) is 3.23. The Balaban J connectivity index is 0.000000142. The molecule has 0 unspecified atom stereocenters. The predicted molar refractivity (Wildman–Crippen MR) is 143 cm³/mol. The Kier molecular flexibility index (Phi) is 6.39. The highest BCUT2D eigenvalue weighted by atomic mass is 35.5. The van der Waals surface area contributed by atoms with Gasteiger partial charge in [0.1, 0.15) is 21.5 Å². The molecule has 0 amide bonds. The van der Waals surface area contributed by atoms with Crippen molar-refractivity contribution in [3.05, 3.63) is 95.0 Å². The lowest BCUT2D eigenvalue weighted by atomic mass is 10.2. The molecule has 2 heterocycles. The zero-order valence-corrected chi connectivity index (χ0v) is 20.6. The lowest BCUT2D eigenvalue weighted by Crippen LogP contribution is -1.76. The van der Waals surface area contributed by atoms with Gasteiger partial charge in [-0.1, -0.05) is 47.5 Å². The zero-order valence-electron chi connectivity index (χ0n) is 17.4. The fourth-order valence-corrected chi connectivity index (χ4v) is 5.63. The molecule has 0 spiro atoms. The van der Waals surface area contributed by atoms with E-state index in [2.05, 4.69) is 9.97 Å². The molecule has 168 valence electrons. The van der Waals surface area contributed by atoms with E-state index in [-0.39, 0.29) is 11.5 Å². The predicted octanol–water partition coefficient (Wildman–Crippen LogP) is 8.64. The summed E-state index contributed by atoms with van der Waals surface area (Å²) in [6.07, 6.45) is 0. The van der Waals surface area contributed by atoms with Crippen LogP contribution in [0.25, 0.3) is 41.6 Å². The Bertz CT molecular complexity index is 1510. The first kappa shape index (κ1) is 22.6. The molecular weight excluding hydrogens is 507 g/mol. The number of rotatable bonds is 2. The van der Waals surface area contributed by atoms with E-state index < -0.39 is 0 Å². The summed E-state index contributed by atoms with van der Waals surface area (Å²) in [5.74, 6) is 0.496. The zero-order chi connectivity index (χ0) is 23.7. The first-order chi connectivity index (χ1) is 16.5. The second-order valence-corrected chi connectivity index (χ2v) is 10.2. The second kappa shape index (κ2) is 9.60. The first-order valence-corrected chi connectivity index (χ1v) is 12.6. The van der Waals surface area contributed by atoms with Gasteiger partial charge in [-0.3, -0.25) is 0 Å². The van der Waals surface area contributed by atoms with Crippen molar-refractivity contribution in [3.63, 3.8) is 0 Å². The van der Waals surface area contributed by atoms with Crippen LogP contribution < -0.4 is 0 Å². The Morgan fingerprint density at radius 2 is 0.971 bits per heavy atom. The monoisotopic (exact) mass is 522 g/mol. The van der Waals surface area contributed by atoms with Crippen LogP contribution in [-0.2, 0) is 0 Å². The maximum atomic E-state index is 9.78. The molecule has 0 saturated heterocycles. The number of hydrogen-bond donors (Lipinski definition) is 2. The number of hydrogen-bond acceptors (Lipinski definition) is 6. The standard InChI is InChI=1S/2C13H8ClNOS/c2*14-8-5-6-12-10(7-8)15-13(17-12)9-3-1-2-4-11(9)16/h2*1-7,16H. The number of thiazole rings is 2. The molecule has 0 aliphatic rings. The number of fused-ring (bicyclic) bond motifs is 2. The van der Waals surface area contributed by atoms with E-state index in [1.807, 2.05) is 60.7 Å². The number of nitrogens with zero attached hydrogens (tertiary/aromatic N) is 2. The van der Waals surface area contributed by atoms with Gasteiger partial charge in [-0.15, -0.1) is 22.7 Å². The van der Waals surface area contributed by atoms with Crippen LogP contribution in [0.3, 0.4) is 0 Å². The molecule has 6 rings (SSSR count). The average Bonchev–Trinajstić information content (AvgIpc) is 3.43. The van der Waals surface area contributed by atoms with Gasteiger partial charge in [0.05, 0.1) is 31.6 Å². The van der Waals surface area contributed by atoms with E-state index in [1.165, 1.54) is 0 Å². The molecule has 34 heavy (non-hydrogen) atoms. The maximum absolute atomic E-state index is 9.78. The number of benzene rings is 4. The van der Waals surface area contributed by atoms with E-state index in [9.17, 15) is 10.2 Å². The normalized spacial score (nSPS) is 10.9. The molecule has 2 aromatic heterocycles. The van der Waals surface area contributed by atoms with Crippen molar-refractivity contribution >= 4 is 66.3 Å². The van der Waals surface area contributed by atoms with Gasteiger partial charge >= 0.3 is 0 Å². The summed E-state index contributed by atoms with van der Waals surface area (Å²) in [7, 11) is 0. The summed E-state index contributed by atoms with van der Waals surface area (Å²) in [6.45, 7) is 0. The average molecular weight is 523 g/mol. The lowest BCUT2D eigenvalue weighted by Gasteiger charge is -1.98. The van der Waals surface area contributed by atoms with Crippen molar-refractivity contribution in [1.29, 1.82) is 0 Å². The molecule has 6 aromatic rings.